The molecule has 1 aliphatic rings. The van der Waals surface area contributed by atoms with E-state index in [4.69, 9.17) is 4.74 Å². The standard InChI is InChI=1S/C14H19F2NO/c1-14(2,8-17-11-4-5-11)9-18-13-6-3-10(15)7-12(13)16/h3,6-7,11,17H,4-5,8-9H2,1-2H3. The van der Waals surface area contributed by atoms with E-state index >= 15 is 0 Å². The Hall–Kier alpha value is -1.16. The first-order chi connectivity index (χ1) is 8.46. The van der Waals surface area contributed by atoms with Crippen LogP contribution in [0.15, 0.2) is 18.2 Å². The minimum absolute atomic E-state index is 0.0799. The number of nitrogens with one attached hydrogen (secondary N) is 1. The second-order valence-electron chi connectivity index (χ2n) is 5.68. The average molecular weight is 255 g/mol. The molecule has 4 heteroatoms. The van der Waals surface area contributed by atoms with E-state index in [0.29, 0.717) is 12.6 Å². The lowest BCUT2D eigenvalue weighted by Crippen LogP contribution is -2.35. The van der Waals surface area contributed by atoms with Gasteiger partial charge in [-0.3, -0.25) is 0 Å². The van der Waals surface area contributed by atoms with E-state index in [2.05, 4.69) is 19.2 Å². The second-order valence-corrected chi connectivity index (χ2v) is 5.68. The summed E-state index contributed by atoms with van der Waals surface area (Å²) in [7, 11) is 0. The van der Waals surface area contributed by atoms with Crippen molar-refractivity contribution in [3.8, 4) is 5.75 Å². The van der Waals surface area contributed by atoms with Crippen molar-refractivity contribution >= 4 is 0 Å². The van der Waals surface area contributed by atoms with Crippen molar-refractivity contribution in [3.63, 3.8) is 0 Å². The van der Waals surface area contributed by atoms with Gasteiger partial charge in [-0.25, -0.2) is 8.78 Å². The van der Waals surface area contributed by atoms with E-state index in [-0.39, 0.29) is 11.2 Å². The Bertz CT molecular complexity index is 416. The van der Waals surface area contributed by atoms with Crippen LogP contribution in [0.1, 0.15) is 26.7 Å². The maximum absolute atomic E-state index is 13.4. The molecule has 18 heavy (non-hydrogen) atoms. The van der Waals surface area contributed by atoms with Crippen LogP contribution in [0.4, 0.5) is 8.78 Å². The van der Waals surface area contributed by atoms with Gasteiger partial charge in [-0.1, -0.05) is 13.8 Å². The highest BCUT2D eigenvalue weighted by atomic mass is 19.1. The molecule has 1 N–H and O–H groups in total. The van der Waals surface area contributed by atoms with Crippen LogP contribution >= 0.6 is 0 Å². The molecule has 1 aromatic carbocycles. The fourth-order valence-electron chi connectivity index (χ4n) is 1.62. The van der Waals surface area contributed by atoms with E-state index in [1.54, 1.807) is 0 Å². The van der Waals surface area contributed by atoms with Crippen LogP contribution in [0.3, 0.4) is 0 Å². The van der Waals surface area contributed by atoms with Crippen molar-refractivity contribution in [2.75, 3.05) is 13.2 Å². The van der Waals surface area contributed by atoms with Crippen LogP contribution in [0.5, 0.6) is 5.75 Å². The van der Waals surface area contributed by atoms with Gasteiger partial charge in [0.2, 0.25) is 0 Å². The van der Waals surface area contributed by atoms with Gasteiger partial charge in [0.25, 0.3) is 0 Å². The number of ether oxygens (including phenoxy) is 1. The monoisotopic (exact) mass is 255 g/mol. The molecule has 1 aliphatic carbocycles. The third-order valence-corrected chi connectivity index (χ3v) is 2.96. The fourth-order valence-corrected chi connectivity index (χ4v) is 1.62. The second kappa shape index (κ2) is 5.22. The zero-order valence-corrected chi connectivity index (χ0v) is 10.8. The number of rotatable bonds is 6. The van der Waals surface area contributed by atoms with Gasteiger partial charge in [0, 0.05) is 24.1 Å². The summed E-state index contributed by atoms with van der Waals surface area (Å²) < 4.78 is 31.5. The molecule has 0 saturated heterocycles. The molecule has 0 amide bonds. The normalized spacial score (nSPS) is 15.8. The van der Waals surface area contributed by atoms with Gasteiger partial charge in [-0.2, -0.15) is 0 Å². The van der Waals surface area contributed by atoms with E-state index in [1.807, 2.05) is 0 Å². The lowest BCUT2D eigenvalue weighted by molar-refractivity contribution is 0.170. The largest absolute Gasteiger partial charge is 0.490 e. The highest BCUT2D eigenvalue weighted by Crippen LogP contribution is 2.24. The summed E-state index contributed by atoms with van der Waals surface area (Å²) in [6.45, 7) is 5.35. The molecule has 1 aromatic rings. The predicted octanol–water partition coefficient (Wildman–Crippen LogP) is 3.12. The molecular weight excluding hydrogens is 236 g/mol. The highest BCUT2D eigenvalue weighted by molar-refractivity contribution is 5.24. The van der Waals surface area contributed by atoms with Crippen LogP contribution < -0.4 is 10.1 Å². The Balaban J connectivity index is 1.84. The van der Waals surface area contributed by atoms with Crippen molar-refractivity contribution in [1.29, 1.82) is 0 Å². The quantitative estimate of drug-likeness (QED) is 0.843. The zero-order valence-electron chi connectivity index (χ0n) is 10.8. The summed E-state index contributed by atoms with van der Waals surface area (Å²) in [4.78, 5) is 0. The van der Waals surface area contributed by atoms with Crippen LogP contribution in [0.25, 0.3) is 0 Å². The minimum Gasteiger partial charge on any atom is -0.490 e. The summed E-state index contributed by atoms with van der Waals surface area (Å²) in [6.07, 6.45) is 2.48. The van der Waals surface area contributed by atoms with Crippen LogP contribution in [-0.2, 0) is 0 Å². The van der Waals surface area contributed by atoms with Crippen molar-refractivity contribution in [2.45, 2.75) is 32.7 Å². The average Bonchev–Trinajstić information content (AvgIpc) is 3.09. The molecule has 0 unspecified atom stereocenters. The topological polar surface area (TPSA) is 21.3 Å². The van der Waals surface area contributed by atoms with Crippen molar-refractivity contribution in [1.82, 2.24) is 5.32 Å². The summed E-state index contributed by atoms with van der Waals surface area (Å²) >= 11 is 0. The maximum Gasteiger partial charge on any atom is 0.167 e. The molecule has 0 aromatic heterocycles. The van der Waals surface area contributed by atoms with Gasteiger partial charge < -0.3 is 10.1 Å². The Labute approximate surface area is 106 Å². The molecule has 0 heterocycles. The molecule has 0 bridgehead atoms. The van der Waals surface area contributed by atoms with E-state index < -0.39 is 11.6 Å². The summed E-state index contributed by atoms with van der Waals surface area (Å²) in [5.74, 6) is -1.13. The lowest BCUT2D eigenvalue weighted by Gasteiger charge is -2.25. The van der Waals surface area contributed by atoms with Gasteiger partial charge in [-0.05, 0) is 25.0 Å². The number of halogens is 2. The first-order valence-electron chi connectivity index (χ1n) is 6.27. The van der Waals surface area contributed by atoms with Gasteiger partial charge >= 0.3 is 0 Å². The fraction of sp³-hybridized carbons (Fsp3) is 0.571. The molecule has 0 aliphatic heterocycles. The van der Waals surface area contributed by atoms with Gasteiger partial charge in [0.05, 0.1) is 6.61 Å². The molecule has 0 spiro atoms. The number of hydrogen-bond donors (Lipinski definition) is 1. The smallest absolute Gasteiger partial charge is 0.167 e. The SMILES string of the molecule is CC(C)(CNC1CC1)COc1ccc(F)cc1F. The summed E-state index contributed by atoms with van der Waals surface area (Å²) in [6, 6.07) is 4.01. The third kappa shape index (κ3) is 3.95. The Morgan fingerprint density at radius 3 is 2.67 bits per heavy atom. The molecule has 1 fully saturated rings. The van der Waals surface area contributed by atoms with Crippen molar-refractivity contribution < 1.29 is 13.5 Å². The lowest BCUT2D eigenvalue weighted by atomic mass is 9.95. The molecule has 0 radical (unpaired) electrons. The molecule has 2 nitrogen and oxygen atoms in total. The van der Waals surface area contributed by atoms with E-state index in [9.17, 15) is 8.78 Å². The summed E-state index contributed by atoms with van der Waals surface area (Å²) in [5, 5.41) is 3.42. The Morgan fingerprint density at radius 2 is 2.06 bits per heavy atom. The number of benzene rings is 1. The van der Waals surface area contributed by atoms with Crippen molar-refractivity contribution in [3.05, 3.63) is 29.8 Å². The first kappa shape index (κ1) is 13.3. The minimum atomic E-state index is -0.652. The van der Waals surface area contributed by atoms with Crippen LogP contribution in [-0.4, -0.2) is 19.2 Å². The number of hydrogen-bond acceptors (Lipinski definition) is 2. The third-order valence-electron chi connectivity index (χ3n) is 2.96. The Morgan fingerprint density at radius 1 is 1.33 bits per heavy atom. The zero-order chi connectivity index (χ0) is 13.2. The van der Waals surface area contributed by atoms with Crippen molar-refractivity contribution in [2.24, 2.45) is 5.41 Å². The van der Waals surface area contributed by atoms with Gasteiger partial charge in [0.15, 0.2) is 11.6 Å². The maximum atomic E-state index is 13.4. The molecule has 2 rings (SSSR count). The van der Waals surface area contributed by atoms with Gasteiger partial charge in [-0.15, -0.1) is 0 Å². The predicted molar refractivity (Wildman–Crippen MR) is 66.7 cm³/mol. The van der Waals surface area contributed by atoms with E-state index in [1.165, 1.54) is 25.0 Å². The van der Waals surface area contributed by atoms with Gasteiger partial charge in [0.1, 0.15) is 5.82 Å². The van der Waals surface area contributed by atoms with Crippen LogP contribution in [0.2, 0.25) is 0 Å². The van der Waals surface area contributed by atoms with E-state index in [0.717, 1.165) is 12.6 Å². The summed E-state index contributed by atoms with van der Waals surface area (Å²) in [5.41, 5.74) is -0.0799. The Kier molecular flexibility index (Phi) is 3.85. The highest BCUT2D eigenvalue weighted by Gasteiger charge is 2.26. The molecule has 1 saturated carbocycles. The molecule has 0 atom stereocenters. The molecular formula is C14H19F2NO. The van der Waals surface area contributed by atoms with Crippen LogP contribution in [0, 0.1) is 17.0 Å². The first-order valence-corrected chi connectivity index (χ1v) is 6.27. The molecule has 100 valence electrons.